The zero-order valence-electron chi connectivity index (χ0n) is 22.7. The van der Waals surface area contributed by atoms with E-state index in [2.05, 4.69) is 40.0 Å². The molecular formula is C28H37N7O4. The third-order valence-corrected chi connectivity index (χ3v) is 8.88. The number of allylic oxidation sites excluding steroid dienone is 1. The van der Waals surface area contributed by atoms with Crippen molar-refractivity contribution in [3.05, 3.63) is 40.6 Å². The topological polar surface area (TPSA) is 119 Å². The number of anilines is 1. The Hall–Kier alpha value is -3.15. The number of carbonyl (C=O) groups is 3. The fourth-order valence-electron chi connectivity index (χ4n) is 6.63. The molecule has 1 saturated carbocycles. The van der Waals surface area contributed by atoms with E-state index in [0.717, 1.165) is 56.5 Å². The quantitative estimate of drug-likeness (QED) is 0.599. The second-order valence-corrected chi connectivity index (χ2v) is 11.4. The van der Waals surface area contributed by atoms with E-state index in [4.69, 9.17) is 4.74 Å². The molecule has 0 radical (unpaired) electrons. The summed E-state index contributed by atoms with van der Waals surface area (Å²) in [5.41, 5.74) is 6.00. The van der Waals surface area contributed by atoms with Gasteiger partial charge in [-0.05, 0) is 57.8 Å². The smallest absolute Gasteiger partial charge is 0.333 e. The Morgan fingerprint density at radius 3 is 2.54 bits per heavy atom. The minimum atomic E-state index is -0.418. The van der Waals surface area contributed by atoms with Gasteiger partial charge in [0.15, 0.2) is 5.78 Å². The van der Waals surface area contributed by atoms with Crippen molar-refractivity contribution >= 4 is 23.4 Å². The van der Waals surface area contributed by atoms with Gasteiger partial charge < -0.3 is 19.9 Å². The maximum absolute atomic E-state index is 13.7. The van der Waals surface area contributed by atoms with E-state index in [0.29, 0.717) is 49.2 Å². The van der Waals surface area contributed by atoms with Crippen LogP contribution in [0.25, 0.3) is 0 Å². The van der Waals surface area contributed by atoms with Crippen LogP contribution in [0.4, 0.5) is 10.5 Å². The Morgan fingerprint density at radius 2 is 1.82 bits per heavy atom. The summed E-state index contributed by atoms with van der Waals surface area (Å²) in [4.78, 5) is 43.8. The monoisotopic (exact) mass is 535 g/mol. The summed E-state index contributed by atoms with van der Waals surface area (Å²) >= 11 is 0. The van der Waals surface area contributed by atoms with Crippen LogP contribution >= 0.6 is 0 Å². The SMILES string of the molecule is CN(C)C1CCN(C(=O)C2CCC(C3=C4C(=O)c5c(NC(=O)NN6CCOCC6)cccc5C4N=N3)CC2)C1. The third-order valence-electron chi connectivity index (χ3n) is 8.88. The number of urea groups is 1. The fourth-order valence-corrected chi connectivity index (χ4v) is 6.63. The molecule has 11 nitrogen and oxygen atoms in total. The van der Waals surface area contributed by atoms with Gasteiger partial charge in [0.2, 0.25) is 5.91 Å². The molecular weight excluding hydrogens is 498 g/mol. The molecule has 0 spiro atoms. The van der Waals surface area contributed by atoms with E-state index < -0.39 is 6.04 Å². The number of ether oxygens (including phenoxy) is 1. The Bertz CT molecular complexity index is 1210. The number of nitrogens with zero attached hydrogens (tertiary/aromatic N) is 5. The van der Waals surface area contributed by atoms with Crippen molar-refractivity contribution in [1.82, 2.24) is 20.2 Å². The highest BCUT2D eigenvalue weighted by atomic mass is 16.5. The molecule has 3 aliphatic heterocycles. The molecule has 11 heteroatoms. The number of hydrogen-bond donors (Lipinski definition) is 2. The number of nitrogens with one attached hydrogen (secondary N) is 2. The van der Waals surface area contributed by atoms with Crippen molar-refractivity contribution in [3.63, 3.8) is 0 Å². The molecule has 0 aromatic heterocycles. The van der Waals surface area contributed by atoms with Crippen LogP contribution in [0.3, 0.4) is 0 Å². The predicted molar refractivity (Wildman–Crippen MR) is 144 cm³/mol. The molecule has 2 N–H and O–H groups in total. The van der Waals surface area contributed by atoms with Crippen LogP contribution in [-0.2, 0) is 9.53 Å². The van der Waals surface area contributed by atoms with Gasteiger partial charge in [-0.2, -0.15) is 10.2 Å². The lowest BCUT2D eigenvalue weighted by molar-refractivity contribution is -0.135. The molecule has 3 fully saturated rings. The van der Waals surface area contributed by atoms with Crippen molar-refractivity contribution in [2.45, 2.75) is 44.2 Å². The van der Waals surface area contributed by atoms with Crippen LogP contribution in [0.5, 0.6) is 0 Å². The van der Waals surface area contributed by atoms with E-state index in [9.17, 15) is 14.4 Å². The van der Waals surface area contributed by atoms with Gasteiger partial charge in [0.05, 0.1) is 35.7 Å². The van der Waals surface area contributed by atoms with Gasteiger partial charge in [0.25, 0.3) is 0 Å². The maximum atomic E-state index is 13.7. The average molecular weight is 536 g/mol. The van der Waals surface area contributed by atoms with Gasteiger partial charge >= 0.3 is 6.03 Å². The molecule has 2 atom stereocenters. The summed E-state index contributed by atoms with van der Waals surface area (Å²) in [6.07, 6.45) is 4.28. The molecule has 0 bridgehead atoms. The standard InChI is InChI=1S/C28H37N7O4/c1-33(2)19-10-11-34(16-19)27(37)18-8-6-17(7-9-18)24-23-25(31-30-24)20-4-3-5-21(22(20)26(23)36)29-28(38)32-35-12-14-39-15-13-35/h3-5,17-19,25H,6-16H2,1-2H3,(H2,29,32,38). The van der Waals surface area contributed by atoms with Gasteiger partial charge in [-0.1, -0.05) is 12.1 Å². The van der Waals surface area contributed by atoms with Crippen molar-refractivity contribution in [3.8, 4) is 0 Å². The first-order valence-corrected chi connectivity index (χ1v) is 14.1. The molecule has 3 amide bonds. The number of likely N-dealkylation sites (N-methyl/N-ethyl adjacent to an activating group) is 1. The molecule has 5 aliphatic rings. The number of hydrazine groups is 1. The zero-order valence-corrected chi connectivity index (χ0v) is 22.7. The number of benzene rings is 1. The van der Waals surface area contributed by atoms with E-state index in [1.54, 1.807) is 11.1 Å². The number of Topliss-reactive ketones (excluding diaryl/α,β-unsaturated/α-hetero) is 1. The van der Waals surface area contributed by atoms with Crippen LogP contribution in [0.2, 0.25) is 0 Å². The number of morpholine rings is 1. The Balaban J connectivity index is 1.12. The lowest BCUT2D eigenvalue weighted by atomic mass is 9.78. The van der Waals surface area contributed by atoms with Gasteiger partial charge in [0.1, 0.15) is 6.04 Å². The van der Waals surface area contributed by atoms with Crippen LogP contribution in [-0.4, -0.2) is 92.1 Å². The minimum Gasteiger partial charge on any atom is -0.379 e. The molecule has 1 aromatic carbocycles. The largest absolute Gasteiger partial charge is 0.379 e. The summed E-state index contributed by atoms with van der Waals surface area (Å²) in [6, 6.07) is 5.12. The van der Waals surface area contributed by atoms with Crippen molar-refractivity contribution in [2.24, 2.45) is 22.1 Å². The molecule has 1 aromatic rings. The lowest BCUT2D eigenvalue weighted by Crippen LogP contribution is -2.49. The highest BCUT2D eigenvalue weighted by molar-refractivity contribution is 6.19. The molecule has 2 aliphatic carbocycles. The number of fused-ring (bicyclic) bond motifs is 3. The second kappa shape index (κ2) is 10.8. The van der Waals surface area contributed by atoms with Crippen molar-refractivity contribution in [2.75, 3.05) is 58.8 Å². The number of azo groups is 1. The number of ketones is 1. The number of rotatable bonds is 5. The fraction of sp³-hybridized carbons (Fsp3) is 0.607. The second-order valence-electron chi connectivity index (χ2n) is 11.4. The van der Waals surface area contributed by atoms with E-state index in [1.807, 2.05) is 17.0 Å². The Morgan fingerprint density at radius 1 is 1.05 bits per heavy atom. The number of carbonyl (C=O) groups excluding carboxylic acids is 3. The first-order valence-electron chi connectivity index (χ1n) is 14.1. The molecule has 3 heterocycles. The van der Waals surface area contributed by atoms with Gasteiger partial charge in [-0.3, -0.25) is 15.0 Å². The zero-order chi connectivity index (χ0) is 27.1. The van der Waals surface area contributed by atoms with Crippen molar-refractivity contribution < 1.29 is 19.1 Å². The van der Waals surface area contributed by atoms with Crippen LogP contribution in [0.1, 0.15) is 54.1 Å². The number of hydrogen-bond acceptors (Lipinski definition) is 8. The normalized spacial score (nSPS) is 28.7. The summed E-state index contributed by atoms with van der Waals surface area (Å²) in [7, 11) is 4.15. The lowest BCUT2D eigenvalue weighted by Gasteiger charge is -2.30. The average Bonchev–Trinajstić information content (AvgIpc) is 3.66. The highest BCUT2D eigenvalue weighted by Gasteiger charge is 2.44. The number of likely N-dealkylation sites (tertiary alicyclic amines) is 1. The predicted octanol–water partition coefficient (Wildman–Crippen LogP) is 2.98. The van der Waals surface area contributed by atoms with E-state index in [1.165, 1.54) is 0 Å². The summed E-state index contributed by atoms with van der Waals surface area (Å²) in [5.74, 6) is 0.323. The molecule has 2 saturated heterocycles. The van der Waals surface area contributed by atoms with E-state index >= 15 is 0 Å². The highest BCUT2D eigenvalue weighted by Crippen LogP contribution is 2.50. The van der Waals surface area contributed by atoms with Gasteiger partial charge in [-0.25, -0.2) is 9.80 Å². The van der Waals surface area contributed by atoms with Gasteiger partial charge in [0, 0.05) is 44.1 Å². The minimum absolute atomic E-state index is 0.0409. The molecule has 39 heavy (non-hydrogen) atoms. The molecule has 208 valence electrons. The summed E-state index contributed by atoms with van der Waals surface area (Å²) in [5, 5.41) is 13.7. The third kappa shape index (κ3) is 4.99. The Labute approximate surface area is 228 Å². The molecule has 6 rings (SSSR count). The maximum Gasteiger partial charge on any atom is 0.333 e. The summed E-state index contributed by atoms with van der Waals surface area (Å²) < 4.78 is 5.33. The first-order chi connectivity index (χ1) is 18.9. The van der Waals surface area contributed by atoms with Crippen LogP contribution < -0.4 is 10.7 Å². The van der Waals surface area contributed by atoms with Gasteiger partial charge in [-0.15, -0.1) is 0 Å². The first kappa shape index (κ1) is 26.1. The van der Waals surface area contributed by atoms with E-state index in [-0.39, 0.29) is 29.6 Å². The molecule has 2 unspecified atom stereocenters. The summed E-state index contributed by atoms with van der Waals surface area (Å²) in [6.45, 7) is 3.99. The van der Waals surface area contributed by atoms with Crippen LogP contribution in [0, 0.1) is 11.8 Å². The van der Waals surface area contributed by atoms with Crippen LogP contribution in [0.15, 0.2) is 39.7 Å². The van der Waals surface area contributed by atoms with Crippen molar-refractivity contribution in [1.29, 1.82) is 0 Å². The Kier molecular flexibility index (Phi) is 7.22. The number of amides is 3.